The summed E-state index contributed by atoms with van der Waals surface area (Å²) >= 11 is 0. The summed E-state index contributed by atoms with van der Waals surface area (Å²) in [5, 5.41) is 9.26. The van der Waals surface area contributed by atoms with Crippen molar-refractivity contribution in [2.45, 2.75) is 32.3 Å². The number of halogens is 2. The number of hydrogen-bond acceptors (Lipinski definition) is 6. The Morgan fingerprint density at radius 1 is 0.775 bits per heavy atom. The van der Waals surface area contributed by atoms with Gasteiger partial charge in [-0.05, 0) is 86.0 Å². The number of nitrogens with zero attached hydrogens (tertiary/aromatic N) is 1. The average Bonchev–Trinajstić information content (AvgIpc) is 2.94. The zero-order chi connectivity index (χ0) is 28.7. The van der Waals surface area contributed by atoms with Gasteiger partial charge in [-0.2, -0.15) is 0 Å². The smallest absolute Gasteiger partial charge is 0.415 e. The molecule has 0 aliphatic heterocycles. The van der Waals surface area contributed by atoms with E-state index in [1.807, 2.05) is 0 Å². The molecule has 0 aromatic heterocycles. The van der Waals surface area contributed by atoms with E-state index in [1.54, 1.807) is 43.3 Å². The molecule has 40 heavy (non-hydrogen) atoms. The first-order chi connectivity index (χ1) is 19.3. The van der Waals surface area contributed by atoms with Crippen LogP contribution in [0.4, 0.5) is 13.6 Å². The van der Waals surface area contributed by atoms with E-state index in [1.165, 1.54) is 41.3 Å². The molecule has 1 N–H and O–H groups in total. The molecule has 1 unspecified atom stereocenters. The molecule has 3 aromatic rings. The van der Waals surface area contributed by atoms with Crippen LogP contribution < -0.4 is 14.2 Å². The second kappa shape index (κ2) is 16.0. The van der Waals surface area contributed by atoms with Crippen LogP contribution in [-0.4, -0.2) is 61.1 Å². The third-order valence-electron chi connectivity index (χ3n) is 5.80. The summed E-state index contributed by atoms with van der Waals surface area (Å²) in [6.45, 7) is 3.21. The summed E-state index contributed by atoms with van der Waals surface area (Å²) in [7, 11) is 0. The molecule has 3 aromatic carbocycles. The van der Waals surface area contributed by atoms with Gasteiger partial charge in [-0.1, -0.05) is 12.1 Å². The van der Waals surface area contributed by atoms with Gasteiger partial charge < -0.3 is 29.0 Å². The highest BCUT2D eigenvalue weighted by Gasteiger charge is 2.18. The molecule has 0 saturated heterocycles. The van der Waals surface area contributed by atoms with E-state index < -0.39 is 24.0 Å². The van der Waals surface area contributed by atoms with Crippen LogP contribution in [0.1, 0.15) is 25.3 Å². The standard InChI is InChI=1S/C30H33F2NO7/c1-2-37-28(29(34)35)21-22-5-11-25(12-6-22)39-20-18-33(30(36)40-27-15-9-24(32)10-16-27)17-3-4-19-38-26-13-7-23(31)8-14-26/h5-16,28H,2-4,17-21H2,1H3,(H,34,35). The largest absolute Gasteiger partial charge is 0.494 e. The number of benzene rings is 3. The van der Waals surface area contributed by atoms with Crippen molar-refractivity contribution < 1.29 is 42.4 Å². The fourth-order valence-electron chi connectivity index (χ4n) is 3.72. The molecule has 0 aliphatic rings. The summed E-state index contributed by atoms with van der Waals surface area (Å²) in [6.07, 6.45) is -0.0331. The van der Waals surface area contributed by atoms with Crippen molar-refractivity contribution in [1.29, 1.82) is 0 Å². The monoisotopic (exact) mass is 557 g/mol. The predicted molar refractivity (Wildman–Crippen MR) is 144 cm³/mol. The molecule has 0 saturated carbocycles. The van der Waals surface area contributed by atoms with Crippen LogP contribution in [0, 0.1) is 11.6 Å². The van der Waals surface area contributed by atoms with Crippen LogP contribution in [0.2, 0.25) is 0 Å². The maximum absolute atomic E-state index is 13.2. The lowest BCUT2D eigenvalue weighted by Crippen LogP contribution is -2.37. The fraction of sp³-hybridized carbons (Fsp3) is 0.333. The van der Waals surface area contributed by atoms with Gasteiger partial charge in [0.1, 0.15) is 35.5 Å². The Morgan fingerprint density at radius 3 is 1.90 bits per heavy atom. The topological polar surface area (TPSA) is 94.5 Å². The summed E-state index contributed by atoms with van der Waals surface area (Å²) < 4.78 is 48.3. The number of aliphatic carboxylic acids is 1. The molecule has 0 aliphatic carbocycles. The van der Waals surface area contributed by atoms with Crippen LogP contribution in [0.15, 0.2) is 72.8 Å². The highest BCUT2D eigenvalue weighted by atomic mass is 19.1. The van der Waals surface area contributed by atoms with Crippen LogP contribution >= 0.6 is 0 Å². The lowest BCUT2D eigenvalue weighted by atomic mass is 10.1. The van der Waals surface area contributed by atoms with Crippen LogP contribution in [-0.2, 0) is 16.0 Å². The number of carbonyl (C=O) groups excluding carboxylic acids is 1. The lowest BCUT2D eigenvalue weighted by molar-refractivity contribution is -0.149. The number of carbonyl (C=O) groups is 2. The number of carboxylic acid groups (broad SMARTS) is 1. The molecule has 8 nitrogen and oxygen atoms in total. The van der Waals surface area contributed by atoms with Crippen LogP contribution in [0.3, 0.4) is 0 Å². The number of amides is 1. The molecule has 1 atom stereocenters. The van der Waals surface area contributed by atoms with Crippen molar-refractivity contribution in [2.24, 2.45) is 0 Å². The quantitative estimate of drug-likeness (QED) is 0.225. The minimum absolute atomic E-state index is 0.181. The molecule has 0 spiro atoms. The first-order valence-corrected chi connectivity index (χ1v) is 13.0. The number of unbranched alkanes of at least 4 members (excludes halogenated alkanes) is 1. The van der Waals surface area contributed by atoms with E-state index in [4.69, 9.17) is 18.9 Å². The SMILES string of the molecule is CCOC(Cc1ccc(OCCN(CCCCOc2ccc(F)cc2)C(=O)Oc2ccc(F)cc2)cc1)C(=O)O. The first-order valence-electron chi connectivity index (χ1n) is 13.0. The van der Waals surface area contributed by atoms with Gasteiger partial charge >= 0.3 is 12.1 Å². The Hall–Kier alpha value is -4.18. The van der Waals surface area contributed by atoms with E-state index >= 15 is 0 Å². The van der Waals surface area contributed by atoms with Gasteiger partial charge in [0.25, 0.3) is 0 Å². The number of rotatable bonds is 16. The maximum atomic E-state index is 13.2. The second-order valence-corrected chi connectivity index (χ2v) is 8.80. The summed E-state index contributed by atoms with van der Waals surface area (Å²) in [4.78, 5) is 25.6. The van der Waals surface area contributed by atoms with E-state index in [0.717, 1.165) is 5.56 Å². The normalized spacial score (nSPS) is 11.5. The summed E-state index contributed by atoms with van der Waals surface area (Å²) in [5.74, 6) is -0.449. The van der Waals surface area contributed by atoms with Crippen molar-refractivity contribution in [3.05, 3.63) is 90.0 Å². The van der Waals surface area contributed by atoms with Crippen molar-refractivity contribution in [3.8, 4) is 17.2 Å². The Kier molecular flexibility index (Phi) is 12.2. The summed E-state index contributed by atoms with van der Waals surface area (Å²) in [6, 6.07) is 17.9. The van der Waals surface area contributed by atoms with Gasteiger partial charge in [0.05, 0.1) is 13.2 Å². The van der Waals surface area contributed by atoms with Crippen molar-refractivity contribution in [2.75, 3.05) is 32.9 Å². The third-order valence-corrected chi connectivity index (χ3v) is 5.80. The minimum Gasteiger partial charge on any atom is -0.494 e. The number of ether oxygens (including phenoxy) is 4. The fourth-order valence-corrected chi connectivity index (χ4v) is 3.72. The van der Waals surface area contributed by atoms with E-state index in [2.05, 4.69) is 0 Å². The molecular formula is C30H33F2NO7. The van der Waals surface area contributed by atoms with Gasteiger partial charge in [-0.3, -0.25) is 0 Å². The highest BCUT2D eigenvalue weighted by molar-refractivity contribution is 5.72. The Labute approximate surface area is 232 Å². The second-order valence-electron chi connectivity index (χ2n) is 8.80. The van der Waals surface area contributed by atoms with Crippen molar-refractivity contribution in [1.82, 2.24) is 4.90 Å². The summed E-state index contributed by atoms with van der Waals surface area (Å²) in [5.41, 5.74) is 0.792. The third kappa shape index (κ3) is 10.5. The highest BCUT2D eigenvalue weighted by Crippen LogP contribution is 2.16. The van der Waals surface area contributed by atoms with E-state index in [0.29, 0.717) is 44.1 Å². The molecule has 214 valence electrons. The van der Waals surface area contributed by atoms with Gasteiger partial charge in [-0.15, -0.1) is 0 Å². The van der Waals surface area contributed by atoms with Gasteiger partial charge in [-0.25, -0.2) is 18.4 Å². The molecule has 0 heterocycles. The average molecular weight is 558 g/mol. The van der Waals surface area contributed by atoms with Gasteiger partial charge in [0.15, 0.2) is 6.10 Å². The number of carboxylic acids is 1. The zero-order valence-electron chi connectivity index (χ0n) is 22.3. The van der Waals surface area contributed by atoms with E-state index in [-0.39, 0.29) is 31.1 Å². The van der Waals surface area contributed by atoms with Crippen LogP contribution in [0.5, 0.6) is 17.2 Å². The lowest BCUT2D eigenvalue weighted by Gasteiger charge is -2.22. The Morgan fingerprint density at radius 2 is 1.32 bits per heavy atom. The molecular weight excluding hydrogens is 524 g/mol. The Bertz CT molecular complexity index is 1190. The molecule has 10 heteroatoms. The molecule has 3 rings (SSSR count). The molecule has 0 bridgehead atoms. The Balaban J connectivity index is 1.51. The number of hydrogen-bond donors (Lipinski definition) is 1. The van der Waals surface area contributed by atoms with E-state index in [9.17, 15) is 23.5 Å². The zero-order valence-corrected chi connectivity index (χ0v) is 22.3. The molecule has 0 fully saturated rings. The maximum Gasteiger partial charge on any atom is 0.415 e. The van der Waals surface area contributed by atoms with Gasteiger partial charge in [0, 0.05) is 19.6 Å². The van der Waals surface area contributed by atoms with Crippen LogP contribution in [0.25, 0.3) is 0 Å². The van der Waals surface area contributed by atoms with Crippen molar-refractivity contribution >= 4 is 12.1 Å². The van der Waals surface area contributed by atoms with Crippen molar-refractivity contribution in [3.63, 3.8) is 0 Å². The molecule has 1 amide bonds. The molecule has 0 radical (unpaired) electrons. The first kappa shape index (κ1) is 30.4. The van der Waals surface area contributed by atoms with Gasteiger partial charge in [0.2, 0.25) is 0 Å². The minimum atomic E-state index is -1.02. The predicted octanol–water partition coefficient (Wildman–Crippen LogP) is 5.74.